The number of halogens is 1. The van der Waals surface area contributed by atoms with E-state index in [9.17, 15) is 9.59 Å². The van der Waals surface area contributed by atoms with Crippen molar-refractivity contribution in [2.24, 2.45) is 0 Å². The lowest BCUT2D eigenvalue weighted by Gasteiger charge is -2.02. The van der Waals surface area contributed by atoms with Crippen LogP contribution in [0, 0.1) is 0 Å². The Labute approximate surface area is 99.6 Å². The van der Waals surface area contributed by atoms with Crippen LogP contribution in [-0.2, 0) is 14.3 Å². The maximum Gasteiger partial charge on any atom is 0.250 e. The van der Waals surface area contributed by atoms with Crippen LogP contribution in [0.1, 0.15) is 6.92 Å². The average Bonchev–Trinajstić information content (AvgIpc) is 2.18. The van der Waals surface area contributed by atoms with Crippen molar-refractivity contribution in [3.63, 3.8) is 0 Å². The van der Waals surface area contributed by atoms with Gasteiger partial charge in [0.15, 0.2) is 0 Å². The van der Waals surface area contributed by atoms with Crippen molar-refractivity contribution in [1.29, 1.82) is 0 Å². The Morgan fingerprint density at radius 1 is 1.31 bits per heavy atom. The summed E-state index contributed by atoms with van der Waals surface area (Å²) in [5.41, 5.74) is 0.791. The highest BCUT2D eigenvalue weighted by Crippen LogP contribution is 2.03. The van der Waals surface area contributed by atoms with Gasteiger partial charge in [0.1, 0.15) is 6.61 Å². The fraction of sp³-hybridized carbons (Fsp3) is 0.273. The summed E-state index contributed by atoms with van der Waals surface area (Å²) in [5.74, 6) is -0.135. The van der Waals surface area contributed by atoms with E-state index in [4.69, 9.17) is 0 Å². The molecule has 1 N–H and O–H groups in total. The van der Waals surface area contributed by atoms with Gasteiger partial charge < -0.3 is 10.1 Å². The number of anilines is 1. The number of carbonyl (C=O) groups excluding carboxylic acids is 2. The second kappa shape index (κ2) is 8.88. The van der Waals surface area contributed by atoms with E-state index < -0.39 is 0 Å². The van der Waals surface area contributed by atoms with E-state index in [-0.39, 0.29) is 17.8 Å². The number of nitrogens with one attached hydrogen (secondary N) is 1. The molecule has 0 radical (unpaired) electrons. The summed E-state index contributed by atoms with van der Waals surface area (Å²) < 4.78 is 4.66. The number of para-hydroxylation sites is 1. The van der Waals surface area contributed by atoms with Crippen molar-refractivity contribution in [2.45, 2.75) is 6.92 Å². The number of ether oxygens (including phenoxy) is 1. The summed E-state index contributed by atoms with van der Waals surface area (Å²) in [5, 5.41) is 2.32. The molecule has 0 fully saturated rings. The zero-order chi connectivity index (χ0) is 12.4. The molecule has 16 heavy (non-hydrogen) atoms. The SMILES string of the molecule is CC(=O)Cl.COCC(=O)Nc1ccccc1. The fourth-order valence-electron chi connectivity index (χ4n) is 0.850. The first-order valence-electron chi connectivity index (χ1n) is 4.56. The number of amides is 1. The molecular weight excluding hydrogens is 230 g/mol. The molecule has 1 aromatic rings. The number of hydrogen-bond donors (Lipinski definition) is 1. The van der Waals surface area contributed by atoms with Gasteiger partial charge in [-0.1, -0.05) is 18.2 Å². The Balaban J connectivity index is 0.000000487. The third-order valence-corrected chi connectivity index (χ3v) is 1.33. The van der Waals surface area contributed by atoms with E-state index >= 15 is 0 Å². The predicted octanol–water partition coefficient (Wildman–Crippen LogP) is 2.04. The lowest BCUT2D eigenvalue weighted by Crippen LogP contribution is -2.16. The molecular formula is C11H14ClNO3. The molecule has 0 saturated heterocycles. The zero-order valence-electron chi connectivity index (χ0n) is 9.20. The molecule has 0 aliphatic rings. The van der Waals surface area contributed by atoms with Crippen LogP contribution >= 0.6 is 11.6 Å². The van der Waals surface area contributed by atoms with Crippen LogP contribution in [0.5, 0.6) is 0 Å². The van der Waals surface area contributed by atoms with Gasteiger partial charge in [-0.3, -0.25) is 9.59 Å². The molecule has 88 valence electrons. The van der Waals surface area contributed by atoms with Crippen LogP contribution in [0.25, 0.3) is 0 Å². The van der Waals surface area contributed by atoms with Crippen LogP contribution in [0.3, 0.4) is 0 Å². The molecule has 4 nitrogen and oxygen atoms in total. The molecule has 0 aliphatic carbocycles. The Morgan fingerprint density at radius 3 is 2.25 bits per heavy atom. The number of benzene rings is 1. The summed E-state index contributed by atoms with van der Waals surface area (Å²) in [6.07, 6.45) is 0. The van der Waals surface area contributed by atoms with E-state index in [1.165, 1.54) is 14.0 Å². The van der Waals surface area contributed by atoms with E-state index in [1.54, 1.807) is 0 Å². The Kier molecular flexibility index (Phi) is 8.11. The normalized spacial score (nSPS) is 8.69. The summed E-state index contributed by atoms with van der Waals surface area (Å²) in [4.78, 5) is 20.2. The third-order valence-electron chi connectivity index (χ3n) is 1.33. The Hall–Kier alpha value is -1.39. The van der Waals surface area contributed by atoms with Crippen molar-refractivity contribution in [1.82, 2.24) is 0 Å². The van der Waals surface area contributed by atoms with Crippen LogP contribution in [0.2, 0.25) is 0 Å². The lowest BCUT2D eigenvalue weighted by molar-refractivity contribution is -0.119. The van der Waals surface area contributed by atoms with Crippen molar-refractivity contribution in [3.8, 4) is 0 Å². The van der Waals surface area contributed by atoms with Crippen LogP contribution in [0.4, 0.5) is 5.69 Å². The minimum atomic E-state index is -0.361. The molecule has 1 amide bonds. The monoisotopic (exact) mass is 243 g/mol. The molecule has 0 unspecified atom stereocenters. The van der Waals surface area contributed by atoms with E-state index in [0.717, 1.165) is 5.69 Å². The average molecular weight is 244 g/mol. The molecule has 0 bridgehead atoms. The van der Waals surface area contributed by atoms with Gasteiger partial charge in [-0.25, -0.2) is 0 Å². The molecule has 1 aromatic carbocycles. The van der Waals surface area contributed by atoms with Gasteiger partial charge in [0.25, 0.3) is 0 Å². The highest BCUT2D eigenvalue weighted by Gasteiger charge is 1.98. The minimum absolute atomic E-state index is 0.0922. The first-order valence-corrected chi connectivity index (χ1v) is 4.94. The highest BCUT2D eigenvalue weighted by atomic mass is 35.5. The standard InChI is InChI=1S/C9H11NO2.C2H3ClO/c1-12-7-9(11)10-8-5-3-2-4-6-8;1-2(3)4/h2-6H,7H2,1H3,(H,10,11);1H3. The topological polar surface area (TPSA) is 55.4 Å². The maximum absolute atomic E-state index is 11.0. The van der Waals surface area contributed by atoms with E-state index in [0.29, 0.717) is 0 Å². The second-order valence-electron chi connectivity index (χ2n) is 2.82. The first kappa shape index (κ1) is 14.6. The largest absolute Gasteiger partial charge is 0.375 e. The minimum Gasteiger partial charge on any atom is -0.375 e. The summed E-state index contributed by atoms with van der Waals surface area (Å²) >= 11 is 4.64. The smallest absolute Gasteiger partial charge is 0.250 e. The zero-order valence-corrected chi connectivity index (χ0v) is 9.95. The van der Waals surface area contributed by atoms with E-state index in [2.05, 4.69) is 21.7 Å². The van der Waals surface area contributed by atoms with Gasteiger partial charge in [0.05, 0.1) is 0 Å². The summed E-state index contributed by atoms with van der Waals surface area (Å²) in [7, 11) is 1.49. The van der Waals surface area contributed by atoms with Crippen molar-refractivity contribution >= 4 is 28.4 Å². The van der Waals surface area contributed by atoms with Gasteiger partial charge >= 0.3 is 0 Å². The molecule has 0 aromatic heterocycles. The fourth-order valence-corrected chi connectivity index (χ4v) is 0.850. The summed E-state index contributed by atoms with van der Waals surface area (Å²) in [6.45, 7) is 1.39. The Bertz CT molecular complexity index is 323. The molecule has 0 spiro atoms. The molecule has 1 rings (SSSR count). The molecule has 0 aliphatic heterocycles. The van der Waals surface area contributed by atoms with Crippen LogP contribution in [0.15, 0.2) is 30.3 Å². The maximum atomic E-state index is 11.0. The molecule has 0 saturated carbocycles. The van der Waals surface area contributed by atoms with Gasteiger partial charge in [0, 0.05) is 19.7 Å². The second-order valence-corrected chi connectivity index (χ2v) is 3.35. The van der Waals surface area contributed by atoms with Crippen molar-refractivity contribution in [3.05, 3.63) is 30.3 Å². The number of hydrogen-bond acceptors (Lipinski definition) is 3. The van der Waals surface area contributed by atoms with Crippen LogP contribution in [-0.4, -0.2) is 24.9 Å². The van der Waals surface area contributed by atoms with Gasteiger partial charge in [-0.05, 0) is 23.7 Å². The van der Waals surface area contributed by atoms with Crippen molar-refractivity contribution in [2.75, 3.05) is 19.0 Å². The first-order chi connectivity index (χ1) is 7.56. The quantitative estimate of drug-likeness (QED) is 0.827. The number of carbonyl (C=O) groups is 2. The lowest BCUT2D eigenvalue weighted by atomic mass is 10.3. The molecule has 0 heterocycles. The van der Waals surface area contributed by atoms with Gasteiger partial charge in [-0.2, -0.15) is 0 Å². The van der Waals surface area contributed by atoms with E-state index in [1.807, 2.05) is 30.3 Å². The number of rotatable bonds is 3. The van der Waals surface area contributed by atoms with Crippen LogP contribution < -0.4 is 5.32 Å². The third kappa shape index (κ3) is 9.18. The van der Waals surface area contributed by atoms with Crippen molar-refractivity contribution < 1.29 is 14.3 Å². The predicted molar refractivity (Wildman–Crippen MR) is 63.5 cm³/mol. The highest BCUT2D eigenvalue weighted by molar-refractivity contribution is 6.62. The van der Waals surface area contributed by atoms with Gasteiger partial charge in [0.2, 0.25) is 11.1 Å². The Morgan fingerprint density at radius 2 is 1.81 bits per heavy atom. The number of methoxy groups -OCH3 is 1. The summed E-state index contributed by atoms with van der Waals surface area (Å²) in [6, 6.07) is 9.28. The molecule has 0 atom stereocenters. The molecule has 5 heteroatoms. The van der Waals surface area contributed by atoms with Gasteiger partial charge in [-0.15, -0.1) is 0 Å².